The van der Waals surface area contributed by atoms with E-state index in [1.165, 1.54) is 23.4 Å². The standard InChI is InChI=1S/C24H27N5O4S/c1-17(30)26-20-3-5-21(6-4-20)34(32,33)28-12-7-18(8-13-28)19-9-14-29-23(15-19)22(16-25-29)24(31)27-10-2-11-27/h3-6,9,14-16,18H,2,7-8,10-13H2,1H3,(H,26,30). The summed E-state index contributed by atoms with van der Waals surface area (Å²) in [6.07, 6.45) is 5.94. The van der Waals surface area contributed by atoms with E-state index in [-0.39, 0.29) is 22.6 Å². The molecule has 0 atom stereocenters. The first-order valence-corrected chi connectivity index (χ1v) is 12.9. The number of benzene rings is 1. The number of hydrogen-bond donors (Lipinski definition) is 1. The molecule has 2 saturated heterocycles. The Labute approximate surface area is 198 Å². The molecule has 2 aromatic heterocycles. The minimum absolute atomic E-state index is 0.0174. The number of hydrogen-bond acceptors (Lipinski definition) is 5. The van der Waals surface area contributed by atoms with Gasteiger partial charge in [0.1, 0.15) is 0 Å². The van der Waals surface area contributed by atoms with Crippen molar-refractivity contribution in [3.63, 3.8) is 0 Å². The number of nitrogens with zero attached hydrogens (tertiary/aromatic N) is 4. The maximum absolute atomic E-state index is 13.1. The van der Waals surface area contributed by atoms with Crippen molar-refractivity contribution in [2.24, 2.45) is 0 Å². The molecule has 1 aromatic carbocycles. The van der Waals surface area contributed by atoms with Crippen LogP contribution in [-0.4, -0.2) is 65.2 Å². The molecule has 10 heteroatoms. The molecule has 1 N–H and O–H groups in total. The van der Waals surface area contributed by atoms with Crippen molar-refractivity contribution in [3.05, 3.63) is 59.9 Å². The lowest BCUT2D eigenvalue weighted by Gasteiger charge is -2.32. The maximum Gasteiger partial charge on any atom is 0.257 e. The second-order valence-electron chi connectivity index (χ2n) is 8.88. The van der Waals surface area contributed by atoms with E-state index in [9.17, 15) is 18.0 Å². The van der Waals surface area contributed by atoms with E-state index < -0.39 is 10.0 Å². The van der Waals surface area contributed by atoms with Crippen molar-refractivity contribution < 1.29 is 18.0 Å². The molecule has 4 heterocycles. The van der Waals surface area contributed by atoms with Crippen LogP contribution in [0.4, 0.5) is 5.69 Å². The highest BCUT2D eigenvalue weighted by Gasteiger charge is 2.31. The molecular formula is C24H27N5O4S. The Morgan fingerprint density at radius 2 is 1.74 bits per heavy atom. The van der Waals surface area contributed by atoms with Crippen LogP contribution in [0.25, 0.3) is 5.52 Å². The molecule has 0 radical (unpaired) electrons. The van der Waals surface area contributed by atoms with Crippen molar-refractivity contribution in [1.82, 2.24) is 18.8 Å². The molecule has 5 rings (SSSR count). The highest BCUT2D eigenvalue weighted by molar-refractivity contribution is 7.89. The van der Waals surface area contributed by atoms with E-state index in [1.807, 2.05) is 23.2 Å². The van der Waals surface area contributed by atoms with E-state index in [1.54, 1.807) is 22.8 Å². The van der Waals surface area contributed by atoms with Crippen LogP contribution in [0.2, 0.25) is 0 Å². The first kappa shape index (κ1) is 22.5. The number of piperidine rings is 1. The van der Waals surface area contributed by atoms with Gasteiger partial charge in [-0.1, -0.05) is 0 Å². The quantitative estimate of drug-likeness (QED) is 0.603. The fourth-order valence-electron chi connectivity index (χ4n) is 4.60. The number of anilines is 1. The van der Waals surface area contributed by atoms with Crippen molar-refractivity contribution >= 4 is 33.0 Å². The highest BCUT2D eigenvalue weighted by Crippen LogP contribution is 2.32. The van der Waals surface area contributed by atoms with Gasteiger partial charge in [-0.2, -0.15) is 9.40 Å². The van der Waals surface area contributed by atoms with Crippen molar-refractivity contribution in [2.45, 2.75) is 37.0 Å². The van der Waals surface area contributed by atoms with Crippen LogP contribution in [-0.2, 0) is 14.8 Å². The minimum Gasteiger partial charge on any atom is -0.338 e. The van der Waals surface area contributed by atoms with E-state index in [0.717, 1.165) is 30.6 Å². The zero-order chi connectivity index (χ0) is 23.9. The van der Waals surface area contributed by atoms with E-state index in [4.69, 9.17) is 0 Å². The number of carbonyl (C=O) groups excluding carboxylic acids is 2. The summed E-state index contributed by atoms with van der Waals surface area (Å²) in [5.74, 6) is 0.0214. The third kappa shape index (κ3) is 4.19. The van der Waals surface area contributed by atoms with Gasteiger partial charge in [0.15, 0.2) is 0 Å². The Bertz CT molecular complexity index is 1340. The van der Waals surface area contributed by atoms with Gasteiger partial charge < -0.3 is 10.2 Å². The van der Waals surface area contributed by atoms with Gasteiger partial charge >= 0.3 is 0 Å². The average molecular weight is 482 g/mol. The van der Waals surface area contributed by atoms with Crippen molar-refractivity contribution in [3.8, 4) is 0 Å². The van der Waals surface area contributed by atoms with Crippen LogP contribution in [0.5, 0.6) is 0 Å². The molecule has 0 aliphatic carbocycles. The van der Waals surface area contributed by atoms with Gasteiger partial charge in [0.2, 0.25) is 15.9 Å². The van der Waals surface area contributed by atoms with Gasteiger partial charge in [-0.15, -0.1) is 0 Å². The van der Waals surface area contributed by atoms with Gasteiger partial charge in [0.25, 0.3) is 5.91 Å². The number of sulfonamides is 1. The van der Waals surface area contributed by atoms with Crippen LogP contribution >= 0.6 is 0 Å². The summed E-state index contributed by atoms with van der Waals surface area (Å²) in [7, 11) is -3.61. The van der Waals surface area contributed by atoms with Crippen LogP contribution in [0.15, 0.2) is 53.7 Å². The number of fused-ring (bicyclic) bond motifs is 1. The number of amides is 2. The molecule has 2 amide bonds. The number of pyridine rings is 1. The lowest BCUT2D eigenvalue weighted by molar-refractivity contribution is -0.114. The van der Waals surface area contributed by atoms with Gasteiger partial charge in [-0.3, -0.25) is 9.59 Å². The maximum atomic E-state index is 13.1. The predicted molar refractivity (Wildman–Crippen MR) is 127 cm³/mol. The predicted octanol–water partition coefficient (Wildman–Crippen LogP) is 2.71. The molecule has 34 heavy (non-hydrogen) atoms. The van der Waals surface area contributed by atoms with Crippen LogP contribution in [0.3, 0.4) is 0 Å². The van der Waals surface area contributed by atoms with Gasteiger partial charge in [-0.05, 0) is 67.1 Å². The van der Waals surface area contributed by atoms with Crippen LogP contribution in [0.1, 0.15) is 48.0 Å². The van der Waals surface area contributed by atoms with E-state index in [2.05, 4.69) is 10.4 Å². The second kappa shape index (κ2) is 8.84. The summed E-state index contributed by atoms with van der Waals surface area (Å²) in [5.41, 5.74) is 3.07. The zero-order valence-electron chi connectivity index (χ0n) is 19.0. The fraction of sp³-hybridized carbons (Fsp3) is 0.375. The monoisotopic (exact) mass is 481 g/mol. The molecule has 3 aromatic rings. The smallest absolute Gasteiger partial charge is 0.257 e. The molecule has 2 fully saturated rings. The first-order valence-electron chi connectivity index (χ1n) is 11.5. The SMILES string of the molecule is CC(=O)Nc1ccc(S(=O)(=O)N2CCC(c3ccn4ncc(C(=O)N5CCC5)c4c3)CC2)cc1. The topological polar surface area (TPSA) is 104 Å². The molecule has 2 aliphatic heterocycles. The Morgan fingerprint density at radius 1 is 1.03 bits per heavy atom. The third-order valence-corrected chi connectivity index (χ3v) is 8.57. The van der Waals surface area contributed by atoms with Gasteiger partial charge in [-0.25, -0.2) is 12.9 Å². The summed E-state index contributed by atoms with van der Waals surface area (Å²) in [5, 5.41) is 6.97. The molecule has 0 spiro atoms. The number of carbonyl (C=O) groups is 2. The normalized spacial score (nSPS) is 17.5. The molecule has 178 valence electrons. The van der Waals surface area contributed by atoms with Gasteiger partial charge in [0, 0.05) is 45.0 Å². The largest absolute Gasteiger partial charge is 0.338 e. The zero-order valence-corrected chi connectivity index (χ0v) is 19.8. The molecule has 0 bridgehead atoms. The highest BCUT2D eigenvalue weighted by atomic mass is 32.2. The van der Waals surface area contributed by atoms with Crippen LogP contribution in [0, 0.1) is 0 Å². The summed E-state index contributed by atoms with van der Waals surface area (Å²) in [6.45, 7) is 3.83. The Hall–Kier alpha value is -3.24. The fourth-order valence-corrected chi connectivity index (χ4v) is 6.07. The average Bonchev–Trinajstić information content (AvgIpc) is 3.21. The first-order chi connectivity index (χ1) is 16.3. The van der Waals surface area contributed by atoms with Crippen molar-refractivity contribution in [1.29, 1.82) is 0 Å². The number of aromatic nitrogens is 2. The lowest BCUT2D eigenvalue weighted by atomic mass is 9.90. The van der Waals surface area contributed by atoms with E-state index >= 15 is 0 Å². The molecule has 2 aliphatic rings. The summed E-state index contributed by atoms with van der Waals surface area (Å²) >= 11 is 0. The van der Waals surface area contributed by atoms with Gasteiger partial charge in [0.05, 0.1) is 22.2 Å². The Kier molecular flexibility index (Phi) is 5.86. The number of rotatable bonds is 5. The number of likely N-dealkylation sites (tertiary alicyclic amines) is 1. The van der Waals surface area contributed by atoms with E-state index in [0.29, 0.717) is 37.2 Å². The van der Waals surface area contributed by atoms with Crippen LogP contribution < -0.4 is 5.32 Å². The molecule has 0 unspecified atom stereocenters. The Balaban J connectivity index is 1.29. The summed E-state index contributed by atoms with van der Waals surface area (Å²) < 4.78 is 29.5. The van der Waals surface area contributed by atoms with Crippen molar-refractivity contribution in [2.75, 3.05) is 31.5 Å². The lowest BCUT2D eigenvalue weighted by Crippen LogP contribution is -2.41. The summed E-state index contributed by atoms with van der Waals surface area (Å²) in [4.78, 5) is 26.0. The molecular weight excluding hydrogens is 454 g/mol. The summed E-state index contributed by atoms with van der Waals surface area (Å²) in [6, 6.07) is 10.3. The number of nitrogens with one attached hydrogen (secondary N) is 1. The Morgan fingerprint density at radius 3 is 2.35 bits per heavy atom. The second-order valence-corrected chi connectivity index (χ2v) is 10.8. The minimum atomic E-state index is -3.61. The molecule has 0 saturated carbocycles. The molecule has 9 nitrogen and oxygen atoms in total. The third-order valence-electron chi connectivity index (χ3n) is 6.66.